The monoisotopic (exact) mass is 350 g/mol. The number of nitrogens with one attached hydrogen (secondary N) is 2. The van der Waals surface area contributed by atoms with Crippen molar-refractivity contribution >= 4 is 29.9 Å². The van der Waals surface area contributed by atoms with E-state index in [2.05, 4.69) is 10.6 Å². The van der Waals surface area contributed by atoms with Crippen molar-refractivity contribution < 1.29 is 19.5 Å². The first kappa shape index (κ1) is 18.7. The van der Waals surface area contributed by atoms with E-state index in [1.165, 1.54) is 12.2 Å². The van der Waals surface area contributed by atoms with Crippen molar-refractivity contribution in [1.29, 1.82) is 0 Å². The average Bonchev–Trinajstić information content (AvgIpc) is 2.65. The Morgan fingerprint density at radius 2 is 1.46 bits per heavy atom. The Labute approximate surface area is 150 Å². The second kappa shape index (κ2) is 9.58. The van der Waals surface area contributed by atoms with Crippen LogP contribution in [0.4, 0.5) is 0 Å². The van der Waals surface area contributed by atoms with Crippen LogP contribution in [0.1, 0.15) is 11.1 Å². The van der Waals surface area contributed by atoms with Crippen LogP contribution in [-0.4, -0.2) is 29.4 Å². The van der Waals surface area contributed by atoms with Crippen molar-refractivity contribution in [1.82, 2.24) is 10.6 Å². The van der Waals surface area contributed by atoms with E-state index in [0.29, 0.717) is 5.56 Å². The highest BCUT2D eigenvalue weighted by atomic mass is 16.4. The molecule has 0 aliphatic heterocycles. The number of rotatable bonds is 7. The van der Waals surface area contributed by atoms with E-state index in [1.54, 1.807) is 30.3 Å². The molecule has 0 unspecified atom stereocenters. The van der Waals surface area contributed by atoms with Gasteiger partial charge in [-0.25, -0.2) is 0 Å². The van der Waals surface area contributed by atoms with E-state index in [1.807, 2.05) is 36.4 Å². The zero-order valence-corrected chi connectivity index (χ0v) is 13.9. The summed E-state index contributed by atoms with van der Waals surface area (Å²) in [6, 6.07) is 18.1. The van der Waals surface area contributed by atoms with Gasteiger partial charge in [0, 0.05) is 6.08 Å². The van der Waals surface area contributed by atoms with Crippen LogP contribution in [0.2, 0.25) is 0 Å². The third-order valence-corrected chi connectivity index (χ3v) is 3.24. The molecule has 2 rings (SSSR count). The topological polar surface area (TPSA) is 95.5 Å². The molecule has 0 aliphatic rings. The maximum Gasteiger partial charge on any atom is 0.322 e. The molecule has 2 aromatic rings. The quantitative estimate of drug-likeness (QED) is 0.666. The first-order valence-corrected chi connectivity index (χ1v) is 7.85. The first-order chi connectivity index (χ1) is 12.5. The Morgan fingerprint density at radius 1 is 0.885 bits per heavy atom. The van der Waals surface area contributed by atoms with E-state index in [-0.39, 0.29) is 5.70 Å². The van der Waals surface area contributed by atoms with Gasteiger partial charge in [-0.3, -0.25) is 14.4 Å². The number of carbonyl (C=O) groups is 3. The van der Waals surface area contributed by atoms with Gasteiger partial charge in [-0.2, -0.15) is 0 Å². The van der Waals surface area contributed by atoms with Gasteiger partial charge in [0.25, 0.3) is 5.91 Å². The molecule has 0 spiro atoms. The largest absolute Gasteiger partial charge is 0.480 e. The van der Waals surface area contributed by atoms with E-state index in [0.717, 1.165) is 5.56 Å². The number of amides is 2. The van der Waals surface area contributed by atoms with E-state index in [9.17, 15) is 14.4 Å². The molecular formula is C20H18N2O4. The van der Waals surface area contributed by atoms with Gasteiger partial charge in [-0.05, 0) is 23.3 Å². The fourth-order valence-corrected chi connectivity index (χ4v) is 2.04. The normalized spacial score (nSPS) is 11.2. The van der Waals surface area contributed by atoms with Gasteiger partial charge in [-0.15, -0.1) is 0 Å². The minimum Gasteiger partial charge on any atom is -0.480 e. The predicted octanol–water partition coefficient (Wildman–Crippen LogP) is 2.06. The summed E-state index contributed by atoms with van der Waals surface area (Å²) in [5, 5.41) is 13.4. The van der Waals surface area contributed by atoms with Crippen molar-refractivity contribution in [3.63, 3.8) is 0 Å². The van der Waals surface area contributed by atoms with Crippen LogP contribution in [0.25, 0.3) is 12.2 Å². The highest BCUT2D eigenvalue weighted by molar-refractivity contribution is 6.04. The molecule has 0 saturated carbocycles. The molecule has 0 aromatic heterocycles. The fourth-order valence-electron chi connectivity index (χ4n) is 2.04. The fraction of sp³-hybridized carbons (Fsp3) is 0.0500. The number of aliphatic carboxylic acids is 1. The summed E-state index contributed by atoms with van der Waals surface area (Å²) in [6.45, 7) is -0.541. The van der Waals surface area contributed by atoms with Crippen LogP contribution in [0, 0.1) is 0 Å². The van der Waals surface area contributed by atoms with Crippen molar-refractivity contribution in [2.24, 2.45) is 0 Å². The summed E-state index contributed by atoms with van der Waals surface area (Å²) in [6.07, 6.45) is 4.40. The Balaban J connectivity index is 2.14. The standard InChI is InChI=1S/C20H18N2O4/c23-18(12-11-15-7-3-1-4-8-15)22-17(20(26)21-14-19(24)25)13-16-9-5-2-6-10-16/h1-13H,14H2,(H,21,26)(H,22,23)(H,24,25)/b12-11+,17-13+. The number of carbonyl (C=O) groups excluding carboxylic acids is 2. The molecular weight excluding hydrogens is 332 g/mol. The minimum absolute atomic E-state index is 0.0415. The molecule has 0 heterocycles. The second-order valence-electron chi connectivity index (χ2n) is 5.28. The molecule has 0 bridgehead atoms. The van der Waals surface area contributed by atoms with Crippen LogP contribution in [0.5, 0.6) is 0 Å². The van der Waals surface area contributed by atoms with Gasteiger partial charge >= 0.3 is 5.97 Å². The highest BCUT2D eigenvalue weighted by Crippen LogP contribution is 2.06. The average molecular weight is 350 g/mol. The summed E-state index contributed by atoms with van der Waals surface area (Å²) in [4.78, 5) is 34.9. The Kier molecular flexibility index (Phi) is 6.88. The van der Waals surface area contributed by atoms with Gasteiger partial charge < -0.3 is 15.7 Å². The van der Waals surface area contributed by atoms with Gasteiger partial charge in [0.1, 0.15) is 12.2 Å². The maximum absolute atomic E-state index is 12.2. The maximum atomic E-state index is 12.2. The molecule has 2 aromatic carbocycles. The molecule has 0 radical (unpaired) electrons. The van der Waals surface area contributed by atoms with Crippen molar-refractivity contribution in [2.75, 3.05) is 6.54 Å². The third kappa shape index (κ3) is 6.45. The highest BCUT2D eigenvalue weighted by Gasteiger charge is 2.13. The van der Waals surface area contributed by atoms with E-state index >= 15 is 0 Å². The van der Waals surface area contributed by atoms with Crippen molar-refractivity contribution in [3.8, 4) is 0 Å². The molecule has 132 valence electrons. The molecule has 6 heteroatoms. The lowest BCUT2D eigenvalue weighted by Gasteiger charge is -2.08. The molecule has 0 fully saturated rings. The molecule has 0 atom stereocenters. The van der Waals surface area contributed by atoms with Crippen LogP contribution in [0.15, 0.2) is 72.4 Å². The summed E-state index contributed by atoms with van der Waals surface area (Å²) in [5.74, 6) is -2.35. The van der Waals surface area contributed by atoms with Crippen molar-refractivity contribution in [2.45, 2.75) is 0 Å². The number of carboxylic acids is 1. The molecule has 26 heavy (non-hydrogen) atoms. The molecule has 3 N–H and O–H groups in total. The summed E-state index contributed by atoms with van der Waals surface area (Å²) in [7, 11) is 0. The molecule has 2 amide bonds. The van der Waals surface area contributed by atoms with Gasteiger partial charge in [0.05, 0.1) is 0 Å². The summed E-state index contributed by atoms with van der Waals surface area (Å²) in [5.41, 5.74) is 1.49. The minimum atomic E-state index is -1.17. The first-order valence-electron chi connectivity index (χ1n) is 7.85. The zero-order valence-electron chi connectivity index (χ0n) is 13.9. The lowest BCUT2D eigenvalue weighted by molar-refractivity contribution is -0.137. The lowest BCUT2D eigenvalue weighted by Crippen LogP contribution is -2.36. The van der Waals surface area contributed by atoms with Crippen LogP contribution < -0.4 is 10.6 Å². The Bertz CT molecular complexity index is 827. The van der Waals surface area contributed by atoms with Crippen LogP contribution in [0.3, 0.4) is 0 Å². The molecule has 6 nitrogen and oxygen atoms in total. The predicted molar refractivity (Wildman–Crippen MR) is 98.7 cm³/mol. The van der Waals surface area contributed by atoms with Crippen LogP contribution >= 0.6 is 0 Å². The Hall–Kier alpha value is -3.67. The molecule has 0 aliphatic carbocycles. The van der Waals surface area contributed by atoms with E-state index < -0.39 is 24.3 Å². The van der Waals surface area contributed by atoms with Gasteiger partial charge in [0.15, 0.2) is 0 Å². The van der Waals surface area contributed by atoms with Crippen molar-refractivity contribution in [3.05, 3.63) is 83.6 Å². The van der Waals surface area contributed by atoms with Gasteiger partial charge in [-0.1, -0.05) is 60.7 Å². The SMILES string of the molecule is O=C(O)CNC(=O)/C(=C\c1ccccc1)NC(=O)/C=C/c1ccccc1. The second-order valence-corrected chi connectivity index (χ2v) is 5.28. The van der Waals surface area contributed by atoms with E-state index in [4.69, 9.17) is 5.11 Å². The summed E-state index contributed by atoms with van der Waals surface area (Å²) >= 11 is 0. The number of hydrogen-bond acceptors (Lipinski definition) is 3. The third-order valence-electron chi connectivity index (χ3n) is 3.24. The smallest absolute Gasteiger partial charge is 0.322 e. The Morgan fingerprint density at radius 3 is 2.04 bits per heavy atom. The van der Waals surface area contributed by atoms with Crippen LogP contribution in [-0.2, 0) is 14.4 Å². The number of carboxylic acid groups (broad SMARTS) is 1. The van der Waals surface area contributed by atoms with Gasteiger partial charge in [0.2, 0.25) is 5.91 Å². The zero-order chi connectivity index (χ0) is 18.8. The number of benzene rings is 2. The lowest BCUT2D eigenvalue weighted by atomic mass is 10.2. The molecule has 0 saturated heterocycles. The number of hydrogen-bond donors (Lipinski definition) is 3. The summed E-state index contributed by atoms with van der Waals surface area (Å²) < 4.78 is 0.